The van der Waals surface area contributed by atoms with E-state index >= 15 is 0 Å². The molecule has 0 aliphatic carbocycles. The first-order chi connectivity index (χ1) is 11.7. The summed E-state index contributed by atoms with van der Waals surface area (Å²) in [6.45, 7) is 0.322. The molecule has 0 unspecified atom stereocenters. The number of aromatic nitrogens is 2. The van der Waals surface area contributed by atoms with Crippen LogP contribution in [0.2, 0.25) is 0 Å². The molecule has 4 rings (SSSR count). The van der Waals surface area contributed by atoms with Gasteiger partial charge in [-0.2, -0.15) is 0 Å². The molecule has 0 radical (unpaired) electrons. The largest absolute Gasteiger partial charge is 0.490 e. The van der Waals surface area contributed by atoms with Gasteiger partial charge in [-0.1, -0.05) is 0 Å². The van der Waals surface area contributed by atoms with Crippen LogP contribution >= 0.6 is 22.7 Å². The highest BCUT2D eigenvalue weighted by atomic mass is 32.1. The number of benzene rings is 1. The van der Waals surface area contributed by atoms with E-state index in [9.17, 15) is 9.18 Å². The lowest BCUT2D eigenvalue weighted by atomic mass is 10.3. The number of hydrogen-bond donors (Lipinski definition) is 0. The van der Waals surface area contributed by atoms with Crippen LogP contribution in [0.3, 0.4) is 0 Å². The van der Waals surface area contributed by atoms with E-state index in [2.05, 4.69) is 4.98 Å². The number of halogens is 1. The Bertz CT molecular complexity index is 1000. The van der Waals surface area contributed by atoms with Gasteiger partial charge in [-0.25, -0.2) is 14.2 Å². The number of thiophene rings is 1. The third-order valence-corrected chi connectivity index (χ3v) is 5.09. The summed E-state index contributed by atoms with van der Waals surface area (Å²) in [5.41, 5.74) is 0.908. The van der Waals surface area contributed by atoms with Crippen LogP contribution < -0.4 is 4.74 Å². The van der Waals surface area contributed by atoms with Gasteiger partial charge in [0.2, 0.25) is 0 Å². The molecule has 5 nitrogen and oxygen atoms in total. The van der Waals surface area contributed by atoms with Crippen molar-refractivity contribution in [3.05, 3.63) is 52.6 Å². The van der Waals surface area contributed by atoms with Crippen LogP contribution in [0.25, 0.3) is 15.3 Å². The number of hydrogen-bond acceptors (Lipinski definition) is 6. The van der Waals surface area contributed by atoms with Crippen LogP contribution in [-0.2, 0) is 4.74 Å². The highest BCUT2D eigenvalue weighted by Gasteiger charge is 2.16. The second-order valence-corrected chi connectivity index (χ2v) is 6.81. The highest BCUT2D eigenvalue weighted by molar-refractivity contribution is 7.21. The Kier molecular flexibility index (Phi) is 3.91. The molecule has 8 heteroatoms. The first kappa shape index (κ1) is 15.1. The van der Waals surface area contributed by atoms with E-state index in [1.54, 1.807) is 17.4 Å². The van der Waals surface area contributed by atoms with Gasteiger partial charge in [-0.3, -0.25) is 4.40 Å². The molecule has 0 aliphatic rings. The average molecular weight is 362 g/mol. The normalized spacial score (nSPS) is 11.2. The summed E-state index contributed by atoms with van der Waals surface area (Å²) in [4.78, 5) is 18.8. The SMILES string of the molecule is O=C(OCCOc1ccc(F)cc1)c1cc2c(nc3sccn32)s1. The zero-order chi connectivity index (χ0) is 16.5. The van der Waals surface area contributed by atoms with Gasteiger partial charge in [0.15, 0.2) is 4.96 Å². The molecule has 0 bridgehead atoms. The maximum absolute atomic E-state index is 12.8. The average Bonchev–Trinajstić information content (AvgIpc) is 3.24. The van der Waals surface area contributed by atoms with Crippen molar-refractivity contribution < 1.29 is 18.7 Å². The molecule has 1 aromatic carbocycles. The topological polar surface area (TPSA) is 52.8 Å². The van der Waals surface area contributed by atoms with Crippen molar-refractivity contribution in [3.63, 3.8) is 0 Å². The molecule has 3 heterocycles. The summed E-state index contributed by atoms with van der Waals surface area (Å²) in [5.74, 6) is -0.191. The third-order valence-electron chi connectivity index (χ3n) is 3.34. The molecular weight excluding hydrogens is 351 g/mol. The van der Waals surface area contributed by atoms with Gasteiger partial charge in [0.05, 0.1) is 5.52 Å². The smallest absolute Gasteiger partial charge is 0.348 e. The molecule has 3 aromatic heterocycles. The van der Waals surface area contributed by atoms with Gasteiger partial charge in [-0.05, 0) is 30.3 Å². The molecule has 0 N–H and O–H groups in total. The second-order valence-electron chi connectivity index (χ2n) is 4.91. The standard InChI is InChI=1S/C16H11FN2O3S2/c17-10-1-3-11(4-2-10)21-6-7-22-15(20)13-9-12-14(24-13)18-16-19(12)5-8-23-16/h1-5,8-9H,6-7H2. The molecule has 0 fully saturated rings. The molecule has 4 aromatic rings. The number of thiazole rings is 1. The third kappa shape index (κ3) is 2.85. The van der Waals surface area contributed by atoms with Crippen molar-refractivity contribution in [1.29, 1.82) is 0 Å². The number of esters is 1. The monoisotopic (exact) mass is 362 g/mol. The minimum atomic E-state index is -0.398. The predicted molar refractivity (Wildman–Crippen MR) is 90.6 cm³/mol. The second kappa shape index (κ2) is 6.21. The Labute approximate surface area is 143 Å². The molecule has 0 aliphatic heterocycles. The minimum Gasteiger partial charge on any atom is -0.490 e. The van der Waals surface area contributed by atoms with E-state index in [4.69, 9.17) is 9.47 Å². The number of carbonyl (C=O) groups is 1. The minimum absolute atomic E-state index is 0.118. The van der Waals surface area contributed by atoms with Gasteiger partial charge < -0.3 is 9.47 Å². The lowest BCUT2D eigenvalue weighted by Crippen LogP contribution is -2.11. The Morgan fingerprint density at radius 2 is 2.08 bits per heavy atom. The molecular formula is C16H11FN2O3S2. The Balaban J connectivity index is 1.35. The van der Waals surface area contributed by atoms with Gasteiger partial charge in [-0.15, -0.1) is 22.7 Å². The quantitative estimate of drug-likeness (QED) is 0.398. The van der Waals surface area contributed by atoms with Crippen molar-refractivity contribution in [3.8, 4) is 5.75 Å². The van der Waals surface area contributed by atoms with Crippen LogP contribution in [0.5, 0.6) is 5.75 Å². The summed E-state index contributed by atoms with van der Waals surface area (Å²) in [7, 11) is 0. The van der Waals surface area contributed by atoms with E-state index in [1.165, 1.54) is 35.6 Å². The summed E-state index contributed by atoms with van der Waals surface area (Å²) < 4.78 is 25.3. The fourth-order valence-corrected chi connectivity index (χ4v) is 3.94. The highest BCUT2D eigenvalue weighted by Crippen LogP contribution is 2.28. The molecule has 24 heavy (non-hydrogen) atoms. The molecule has 0 saturated carbocycles. The van der Waals surface area contributed by atoms with E-state index in [-0.39, 0.29) is 19.0 Å². The number of nitrogens with zero attached hydrogens (tertiary/aromatic N) is 2. The Morgan fingerprint density at radius 1 is 1.25 bits per heavy atom. The maximum atomic E-state index is 12.8. The molecule has 0 saturated heterocycles. The van der Waals surface area contributed by atoms with Crippen molar-refractivity contribution in [2.24, 2.45) is 0 Å². The number of imidazole rings is 1. The fourth-order valence-electron chi connectivity index (χ4n) is 2.24. The van der Waals surface area contributed by atoms with E-state index in [0.717, 1.165) is 15.3 Å². The fraction of sp³-hybridized carbons (Fsp3) is 0.125. The predicted octanol–water partition coefficient (Wildman–Crippen LogP) is 3.99. The number of fused-ring (bicyclic) bond motifs is 3. The van der Waals surface area contributed by atoms with Gasteiger partial charge in [0.1, 0.15) is 34.5 Å². The van der Waals surface area contributed by atoms with Gasteiger partial charge >= 0.3 is 5.97 Å². The van der Waals surface area contributed by atoms with Crippen LogP contribution in [0.4, 0.5) is 4.39 Å². The summed E-state index contributed by atoms with van der Waals surface area (Å²) >= 11 is 2.86. The zero-order valence-electron chi connectivity index (χ0n) is 12.3. The number of carbonyl (C=O) groups excluding carboxylic acids is 1. The van der Waals surface area contributed by atoms with E-state index in [0.29, 0.717) is 10.6 Å². The Morgan fingerprint density at radius 3 is 2.92 bits per heavy atom. The van der Waals surface area contributed by atoms with Gasteiger partial charge in [0, 0.05) is 11.6 Å². The Hall–Kier alpha value is -2.45. The molecule has 0 spiro atoms. The summed E-state index contributed by atoms with van der Waals surface area (Å²) in [6.07, 6.45) is 1.92. The van der Waals surface area contributed by atoms with Crippen molar-refractivity contribution in [2.75, 3.05) is 13.2 Å². The van der Waals surface area contributed by atoms with Gasteiger partial charge in [0.25, 0.3) is 0 Å². The van der Waals surface area contributed by atoms with Crippen molar-refractivity contribution in [1.82, 2.24) is 9.38 Å². The van der Waals surface area contributed by atoms with E-state index in [1.807, 2.05) is 16.0 Å². The van der Waals surface area contributed by atoms with Crippen LogP contribution in [-0.4, -0.2) is 28.6 Å². The maximum Gasteiger partial charge on any atom is 0.348 e. The van der Waals surface area contributed by atoms with Crippen molar-refractivity contribution in [2.45, 2.75) is 0 Å². The number of rotatable bonds is 5. The molecule has 0 atom stereocenters. The van der Waals surface area contributed by atoms with Crippen LogP contribution in [0.15, 0.2) is 41.9 Å². The summed E-state index contributed by atoms with van der Waals surface area (Å²) in [6, 6.07) is 7.47. The summed E-state index contributed by atoms with van der Waals surface area (Å²) in [5, 5.41) is 1.95. The van der Waals surface area contributed by atoms with E-state index < -0.39 is 5.97 Å². The van der Waals surface area contributed by atoms with Crippen molar-refractivity contribution >= 4 is 44.0 Å². The lowest BCUT2D eigenvalue weighted by molar-refractivity contribution is 0.0456. The molecule has 0 amide bonds. The zero-order valence-corrected chi connectivity index (χ0v) is 13.9. The van der Waals surface area contributed by atoms with Crippen LogP contribution in [0, 0.1) is 5.82 Å². The molecule has 122 valence electrons. The lowest BCUT2D eigenvalue weighted by Gasteiger charge is -2.06. The number of ether oxygens (including phenoxy) is 2. The first-order valence-corrected chi connectivity index (χ1v) is 8.81. The van der Waals surface area contributed by atoms with Crippen LogP contribution in [0.1, 0.15) is 9.67 Å². The first-order valence-electron chi connectivity index (χ1n) is 7.11.